The second-order valence-corrected chi connectivity index (χ2v) is 7.66. The number of pyridine rings is 1. The van der Waals surface area contributed by atoms with E-state index in [1.165, 1.54) is 12.1 Å². The van der Waals surface area contributed by atoms with Crippen LogP contribution in [0.3, 0.4) is 0 Å². The van der Waals surface area contributed by atoms with Gasteiger partial charge in [-0.15, -0.1) is 5.10 Å². The normalized spacial score (nSPS) is 11.1. The molecule has 176 valence electrons. The number of rotatable bonds is 8. The van der Waals surface area contributed by atoms with Gasteiger partial charge in [-0.1, -0.05) is 12.1 Å². The first kappa shape index (κ1) is 23.1. The van der Waals surface area contributed by atoms with Gasteiger partial charge in [0.05, 0.1) is 12.7 Å². The third-order valence-corrected chi connectivity index (χ3v) is 5.10. The van der Waals surface area contributed by atoms with Crippen LogP contribution in [0.2, 0.25) is 0 Å². The van der Waals surface area contributed by atoms with E-state index < -0.39 is 11.6 Å². The van der Waals surface area contributed by atoms with Crippen LogP contribution in [-0.2, 0) is 0 Å². The number of hydrogen-bond donors (Lipinski definition) is 1. The van der Waals surface area contributed by atoms with Crippen LogP contribution >= 0.6 is 0 Å². The van der Waals surface area contributed by atoms with Crippen LogP contribution in [0.5, 0.6) is 11.5 Å². The summed E-state index contributed by atoms with van der Waals surface area (Å²) in [6, 6.07) is 11.8. The van der Waals surface area contributed by atoms with Gasteiger partial charge in [0, 0.05) is 18.3 Å². The number of nitrogen functional groups attached to an aromatic ring is 1. The zero-order chi connectivity index (χ0) is 24.2. The summed E-state index contributed by atoms with van der Waals surface area (Å²) in [7, 11) is 5.29. The molecule has 9 nitrogen and oxygen atoms in total. The lowest BCUT2D eigenvalue weighted by molar-refractivity contribution is 0.249. The van der Waals surface area contributed by atoms with E-state index in [1.54, 1.807) is 19.4 Å². The third kappa shape index (κ3) is 4.64. The number of ether oxygens (including phenoxy) is 2. The summed E-state index contributed by atoms with van der Waals surface area (Å²) in [6.07, 6.45) is 1.61. The number of nitrogens with zero attached hydrogens (tertiary/aromatic N) is 6. The summed E-state index contributed by atoms with van der Waals surface area (Å²) in [5.41, 5.74) is 7.85. The minimum atomic E-state index is -1.14. The molecule has 0 unspecified atom stereocenters. The molecule has 4 rings (SSSR count). The Morgan fingerprint density at radius 3 is 2.50 bits per heavy atom. The van der Waals surface area contributed by atoms with Gasteiger partial charge in [0.1, 0.15) is 23.9 Å². The molecule has 0 fully saturated rings. The molecule has 0 aliphatic heterocycles. The van der Waals surface area contributed by atoms with Gasteiger partial charge in [-0.25, -0.2) is 9.37 Å². The first-order chi connectivity index (χ1) is 16.4. The fourth-order valence-electron chi connectivity index (χ4n) is 3.25. The van der Waals surface area contributed by atoms with Crippen molar-refractivity contribution in [3.8, 4) is 39.7 Å². The van der Waals surface area contributed by atoms with Gasteiger partial charge in [0.2, 0.25) is 5.82 Å². The number of likely N-dealkylation sites (N-methyl/N-ethyl adjacent to an activating group) is 1. The Bertz CT molecular complexity index is 1290. The van der Waals surface area contributed by atoms with Crippen molar-refractivity contribution in [2.24, 2.45) is 0 Å². The van der Waals surface area contributed by atoms with Gasteiger partial charge < -0.3 is 20.1 Å². The molecule has 0 bridgehead atoms. The van der Waals surface area contributed by atoms with Crippen molar-refractivity contribution >= 4 is 5.82 Å². The monoisotopic (exact) mass is 467 g/mol. The molecular weight excluding hydrogens is 444 g/mol. The number of aromatic nitrogens is 5. The zero-order valence-corrected chi connectivity index (χ0v) is 18.9. The summed E-state index contributed by atoms with van der Waals surface area (Å²) in [6.45, 7) is 0.760. The van der Waals surface area contributed by atoms with Gasteiger partial charge in [-0.2, -0.15) is 9.07 Å². The van der Waals surface area contributed by atoms with E-state index in [2.05, 4.69) is 20.5 Å². The van der Waals surface area contributed by atoms with Crippen molar-refractivity contribution in [3.63, 3.8) is 0 Å². The molecule has 2 aromatic carbocycles. The molecule has 11 heteroatoms. The summed E-state index contributed by atoms with van der Waals surface area (Å²) in [4.78, 5) is 6.11. The fraction of sp³-hybridized carbons (Fsp3) is 0.217. The van der Waals surface area contributed by atoms with E-state index >= 15 is 0 Å². The maximum Gasteiger partial charge on any atom is 0.202 e. The van der Waals surface area contributed by atoms with Gasteiger partial charge in [0.25, 0.3) is 0 Å². The first-order valence-corrected chi connectivity index (χ1v) is 10.3. The summed E-state index contributed by atoms with van der Waals surface area (Å²) >= 11 is 0. The van der Waals surface area contributed by atoms with E-state index in [1.807, 2.05) is 43.3 Å². The van der Waals surface area contributed by atoms with Crippen molar-refractivity contribution in [3.05, 3.63) is 60.3 Å². The minimum absolute atomic E-state index is 0.111. The largest absolute Gasteiger partial charge is 0.497 e. The summed E-state index contributed by atoms with van der Waals surface area (Å²) in [5, 5.41) is 11.5. The number of halogens is 2. The van der Waals surface area contributed by atoms with Gasteiger partial charge in [-0.3, -0.25) is 0 Å². The van der Waals surface area contributed by atoms with E-state index in [9.17, 15) is 8.78 Å². The highest BCUT2D eigenvalue weighted by Crippen LogP contribution is 2.32. The summed E-state index contributed by atoms with van der Waals surface area (Å²) < 4.78 is 41.3. The fourth-order valence-corrected chi connectivity index (χ4v) is 3.25. The standard InChI is InChI=1S/C23H23F2N7O2/c1-31(2)10-11-34-19-9-8-18(20(24)21(19)25)32-23(28-29-30-32)17-12-15(13-27-22(17)26)14-4-6-16(33-3)7-5-14/h4-9,12-13H,10-11H2,1-3H3,(H2,26,27). The molecule has 4 aromatic rings. The predicted molar refractivity (Wildman–Crippen MR) is 123 cm³/mol. The molecule has 2 heterocycles. The van der Waals surface area contributed by atoms with Crippen LogP contribution < -0.4 is 15.2 Å². The second-order valence-electron chi connectivity index (χ2n) is 7.66. The number of hydrogen-bond acceptors (Lipinski definition) is 8. The molecule has 2 N–H and O–H groups in total. The Morgan fingerprint density at radius 1 is 1.03 bits per heavy atom. The molecule has 0 radical (unpaired) electrons. The van der Waals surface area contributed by atoms with E-state index in [0.29, 0.717) is 17.9 Å². The predicted octanol–water partition coefficient (Wildman–Crippen LogP) is 3.20. The Hall–Kier alpha value is -4.12. The highest BCUT2D eigenvalue weighted by molar-refractivity contribution is 5.76. The number of benzene rings is 2. The first-order valence-electron chi connectivity index (χ1n) is 10.3. The number of tetrazole rings is 1. The van der Waals surface area contributed by atoms with Gasteiger partial charge >= 0.3 is 0 Å². The van der Waals surface area contributed by atoms with Crippen LogP contribution in [0, 0.1) is 11.6 Å². The number of nitrogens with two attached hydrogens (primary N) is 1. The van der Waals surface area contributed by atoms with Crippen LogP contribution in [0.4, 0.5) is 14.6 Å². The Labute approximate surface area is 194 Å². The van der Waals surface area contributed by atoms with Crippen LogP contribution in [-0.4, -0.2) is 64.4 Å². The second kappa shape index (κ2) is 9.79. The molecule has 0 amide bonds. The minimum Gasteiger partial charge on any atom is -0.497 e. The maximum atomic E-state index is 15.0. The smallest absolute Gasteiger partial charge is 0.202 e. The van der Waals surface area contributed by atoms with Crippen LogP contribution in [0.1, 0.15) is 0 Å². The molecule has 0 atom stereocenters. The van der Waals surface area contributed by atoms with Crippen molar-refractivity contribution in [2.75, 3.05) is 40.1 Å². The molecule has 0 saturated carbocycles. The average molecular weight is 467 g/mol. The number of anilines is 1. The Balaban J connectivity index is 1.70. The van der Waals surface area contributed by atoms with Crippen molar-refractivity contribution in [1.29, 1.82) is 0 Å². The number of methoxy groups -OCH3 is 1. The molecule has 0 aliphatic carbocycles. The highest BCUT2D eigenvalue weighted by atomic mass is 19.2. The van der Waals surface area contributed by atoms with Crippen molar-refractivity contribution in [2.45, 2.75) is 0 Å². The van der Waals surface area contributed by atoms with Crippen molar-refractivity contribution in [1.82, 2.24) is 30.1 Å². The van der Waals surface area contributed by atoms with Gasteiger partial charge in [0.15, 0.2) is 17.4 Å². The van der Waals surface area contributed by atoms with E-state index in [4.69, 9.17) is 15.2 Å². The Morgan fingerprint density at radius 2 is 1.79 bits per heavy atom. The molecule has 0 saturated heterocycles. The lowest BCUT2D eigenvalue weighted by Crippen LogP contribution is -2.20. The lowest BCUT2D eigenvalue weighted by Gasteiger charge is -2.13. The van der Waals surface area contributed by atoms with Crippen LogP contribution in [0.25, 0.3) is 28.2 Å². The molecule has 2 aromatic heterocycles. The topological polar surface area (TPSA) is 104 Å². The molecule has 34 heavy (non-hydrogen) atoms. The SMILES string of the molecule is COc1ccc(-c2cnc(N)c(-c3nnnn3-c3ccc(OCCN(C)C)c(F)c3F)c2)cc1. The average Bonchev–Trinajstić information content (AvgIpc) is 3.31. The third-order valence-electron chi connectivity index (χ3n) is 5.10. The lowest BCUT2D eigenvalue weighted by atomic mass is 10.0. The van der Waals surface area contributed by atoms with E-state index in [0.717, 1.165) is 15.8 Å². The molecule has 0 spiro atoms. The van der Waals surface area contributed by atoms with E-state index in [-0.39, 0.29) is 29.7 Å². The Kier molecular flexibility index (Phi) is 6.64. The summed E-state index contributed by atoms with van der Waals surface area (Å²) in [5.74, 6) is -1.51. The maximum absolute atomic E-state index is 15.0. The molecule has 0 aliphatic rings. The highest BCUT2D eigenvalue weighted by Gasteiger charge is 2.22. The van der Waals surface area contributed by atoms with Gasteiger partial charge in [-0.05, 0) is 60.4 Å². The quantitative estimate of drug-likeness (QED) is 0.421. The molecular formula is C23H23F2N7O2. The zero-order valence-electron chi connectivity index (χ0n) is 18.9. The van der Waals surface area contributed by atoms with Crippen LogP contribution in [0.15, 0.2) is 48.7 Å². The van der Waals surface area contributed by atoms with Crippen molar-refractivity contribution < 1.29 is 18.3 Å².